The highest BCUT2D eigenvalue weighted by atomic mass is 35.5. The maximum absolute atomic E-state index is 12.8. The molecular weight excluding hydrogens is 451 g/mol. The normalized spacial score (nSPS) is 16.4. The number of likely N-dealkylation sites (tertiary alicyclic amines) is 1. The number of aliphatic carboxylic acids is 1. The van der Waals surface area contributed by atoms with Crippen LogP contribution in [0.15, 0.2) is 48.7 Å². The fourth-order valence-corrected chi connectivity index (χ4v) is 3.06. The molecule has 0 bridgehead atoms. The largest absolute Gasteiger partial charge is 0.490 e. The lowest BCUT2D eigenvalue weighted by molar-refractivity contribution is -0.192. The molecule has 2 aromatic rings. The third-order valence-electron chi connectivity index (χ3n) is 4.51. The van der Waals surface area contributed by atoms with Crippen LogP contribution in [0.4, 0.5) is 13.2 Å². The molecule has 1 fully saturated rings. The monoisotopic (exact) mass is 471 g/mol. The van der Waals surface area contributed by atoms with Crippen LogP contribution in [0.25, 0.3) is 0 Å². The summed E-state index contributed by atoms with van der Waals surface area (Å²) in [5.74, 6) is -3.11. The van der Waals surface area contributed by atoms with E-state index in [9.17, 15) is 22.8 Å². The summed E-state index contributed by atoms with van der Waals surface area (Å²) in [6, 6.07) is 12.1. The van der Waals surface area contributed by atoms with Crippen molar-refractivity contribution in [1.82, 2.24) is 15.2 Å². The molecule has 2 N–H and O–H groups in total. The Labute approximate surface area is 187 Å². The van der Waals surface area contributed by atoms with Crippen LogP contribution in [-0.2, 0) is 16.1 Å². The van der Waals surface area contributed by atoms with Gasteiger partial charge < -0.3 is 15.3 Å². The molecule has 172 valence electrons. The SMILES string of the molecule is O=C(NC1CCCCN(Cc2ccc(Cl)cc2)C1=O)c1ccccn1.O=C(O)C(F)(F)F. The molecule has 2 amide bonds. The van der Waals surface area contributed by atoms with Crippen LogP contribution in [0, 0.1) is 0 Å². The summed E-state index contributed by atoms with van der Waals surface area (Å²) in [5.41, 5.74) is 1.35. The molecule has 7 nitrogen and oxygen atoms in total. The fraction of sp³-hybridized carbons (Fsp3) is 0.333. The first-order valence-corrected chi connectivity index (χ1v) is 10.0. The van der Waals surface area contributed by atoms with E-state index in [-0.39, 0.29) is 11.8 Å². The van der Waals surface area contributed by atoms with E-state index in [1.54, 1.807) is 29.3 Å². The number of carboxylic acid groups (broad SMARTS) is 1. The molecule has 0 radical (unpaired) electrons. The lowest BCUT2D eigenvalue weighted by Crippen LogP contribution is -2.47. The van der Waals surface area contributed by atoms with Gasteiger partial charge in [0.25, 0.3) is 5.91 Å². The Kier molecular flexibility index (Phi) is 9.01. The van der Waals surface area contributed by atoms with Gasteiger partial charge in [0.2, 0.25) is 5.91 Å². The zero-order chi connectivity index (χ0) is 23.7. The zero-order valence-corrected chi connectivity index (χ0v) is 17.6. The van der Waals surface area contributed by atoms with Gasteiger partial charge in [0, 0.05) is 24.3 Å². The highest BCUT2D eigenvalue weighted by Crippen LogP contribution is 2.17. The van der Waals surface area contributed by atoms with E-state index in [0.29, 0.717) is 30.2 Å². The van der Waals surface area contributed by atoms with E-state index in [0.717, 1.165) is 18.4 Å². The number of nitrogens with one attached hydrogen (secondary N) is 1. The number of alkyl halides is 3. The molecule has 1 aliphatic heterocycles. The summed E-state index contributed by atoms with van der Waals surface area (Å²) in [6.07, 6.45) is -1.05. The average molecular weight is 472 g/mol. The van der Waals surface area contributed by atoms with E-state index < -0.39 is 18.2 Å². The quantitative estimate of drug-likeness (QED) is 0.708. The Morgan fingerprint density at radius 3 is 2.38 bits per heavy atom. The number of benzene rings is 1. The van der Waals surface area contributed by atoms with Crippen LogP contribution in [0.3, 0.4) is 0 Å². The number of rotatable bonds is 4. The van der Waals surface area contributed by atoms with Crippen molar-refractivity contribution in [1.29, 1.82) is 0 Å². The second kappa shape index (κ2) is 11.5. The van der Waals surface area contributed by atoms with Crippen molar-refractivity contribution in [3.63, 3.8) is 0 Å². The molecule has 3 rings (SSSR count). The minimum Gasteiger partial charge on any atom is -0.475 e. The molecular formula is C21H21ClF3N3O4. The third kappa shape index (κ3) is 7.84. The second-order valence-corrected chi connectivity index (χ2v) is 7.36. The smallest absolute Gasteiger partial charge is 0.475 e. The van der Waals surface area contributed by atoms with E-state index >= 15 is 0 Å². The van der Waals surface area contributed by atoms with E-state index in [2.05, 4.69) is 10.3 Å². The van der Waals surface area contributed by atoms with E-state index in [1.807, 2.05) is 24.3 Å². The van der Waals surface area contributed by atoms with Crippen LogP contribution in [0.2, 0.25) is 5.02 Å². The number of pyridine rings is 1. The van der Waals surface area contributed by atoms with Gasteiger partial charge in [-0.3, -0.25) is 14.6 Å². The molecule has 1 saturated heterocycles. The number of carboxylic acids is 1. The van der Waals surface area contributed by atoms with Gasteiger partial charge in [0.05, 0.1) is 0 Å². The summed E-state index contributed by atoms with van der Waals surface area (Å²) in [7, 11) is 0. The Hall–Kier alpha value is -3.14. The predicted octanol–water partition coefficient (Wildman–Crippen LogP) is 3.68. The number of nitrogens with zero attached hydrogens (tertiary/aromatic N) is 2. The van der Waals surface area contributed by atoms with Crippen LogP contribution in [0.1, 0.15) is 35.3 Å². The van der Waals surface area contributed by atoms with Crippen molar-refractivity contribution in [3.8, 4) is 0 Å². The van der Waals surface area contributed by atoms with Crippen LogP contribution in [0.5, 0.6) is 0 Å². The number of aromatic nitrogens is 1. The van der Waals surface area contributed by atoms with Crippen LogP contribution < -0.4 is 5.32 Å². The maximum Gasteiger partial charge on any atom is 0.490 e. The number of halogens is 4. The second-order valence-electron chi connectivity index (χ2n) is 6.93. The van der Waals surface area contributed by atoms with Gasteiger partial charge in [-0.1, -0.05) is 29.8 Å². The van der Waals surface area contributed by atoms with Crippen molar-refractivity contribution >= 4 is 29.4 Å². The Balaban J connectivity index is 0.000000451. The fourth-order valence-electron chi connectivity index (χ4n) is 2.94. The summed E-state index contributed by atoms with van der Waals surface area (Å²) >= 11 is 5.91. The van der Waals surface area contributed by atoms with Crippen molar-refractivity contribution in [3.05, 3.63) is 64.9 Å². The molecule has 0 saturated carbocycles. The summed E-state index contributed by atoms with van der Waals surface area (Å²) in [5, 5.41) is 10.6. The van der Waals surface area contributed by atoms with Crippen molar-refractivity contribution in [2.75, 3.05) is 6.54 Å². The number of hydrogen-bond donors (Lipinski definition) is 2. The first kappa shape index (κ1) is 25.1. The Morgan fingerprint density at radius 1 is 1.16 bits per heavy atom. The van der Waals surface area contributed by atoms with Gasteiger partial charge >= 0.3 is 12.1 Å². The number of carbonyl (C=O) groups is 3. The van der Waals surface area contributed by atoms with Gasteiger partial charge in [0.15, 0.2) is 0 Å². The number of amides is 2. The average Bonchev–Trinajstić information content (AvgIpc) is 2.92. The standard InChI is InChI=1S/C19H20ClN3O2.C2HF3O2/c20-15-9-7-14(8-10-15)13-23-12-4-2-6-17(19(23)25)22-18(24)16-5-1-3-11-21-16;3-2(4,5)1(6)7/h1,3,5,7-11,17H,2,4,6,12-13H2,(H,22,24);(H,6,7). The number of carbonyl (C=O) groups excluding carboxylic acids is 2. The molecule has 11 heteroatoms. The number of hydrogen-bond acceptors (Lipinski definition) is 4. The molecule has 32 heavy (non-hydrogen) atoms. The summed E-state index contributed by atoms with van der Waals surface area (Å²) in [4.78, 5) is 39.9. The van der Waals surface area contributed by atoms with Gasteiger partial charge in [-0.05, 0) is 49.1 Å². The maximum atomic E-state index is 12.8. The molecule has 1 atom stereocenters. The van der Waals surface area contributed by atoms with Crippen molar-refractivity contribution in [2.45, 2.75) is 38.0 Å². The molecule has 1 unspecified atom stereocenters. The summed E-state index contributed by atoms with van der Waals surface area (Å²) in [6.45, 7) is 1.21. The first-order chi connectivity index (χ1) is 15.1. The molecule has 1 aromatic heterocycles. The van der Waals surface area contributed by atoms with Gasteiger partial charge in [-0.25, -0.2) is 4.79 Å². The molecule has 0 spiro atoms. The molecule has 1 aromatic carbocycles. The van der Waals surface area contributed by atoms with E-state index in [4.69, 9.17) is 21.5 Å². The van der Waals surface area contributed by atoms with E-state index in [1.165, 1.54) is 0 Å². The minimum absolute atomic E-state index is 0.0447. The van der Waals surface area contributed by atoms with Crippen LogP contribution >= 0.6 is 11.6 Å². The first-order valence-electron chi connectivity index (χ1n) is 9.63. The molecule has 1 aliphatic rings. The lowest BCUT2D eigenvalue weighted by atomic mass is 10.1. The van der Waals surface area contributed by atoms with Crippen molar-refractivity contribution in [2.24, 2.45) is 0 Å². The van der Waals surface area contributed by atoms with Crippen LogP contribution in [-0.4, -0.2) is 51.5 Å². The highest BCUT2D eigenvalue weighted by molar-refractivity contribution is 6.30. The minimum atomic E-state index is -5.08. The van der Waals surface area contributed by atoms with Gasteiger partial charge in [-0.2, -0.15) is 13.2 Å². The predicted molar refractivity (Wildman–Crippen MR) is 110 cm³/mol. The topological polar surface area (TPSA) is 99.6 Å². The Bertz CT molecular complexity index is 924. The highest BCUT2D eigenvalue weighted by Gasteiger charge is 2.38. The zero-order valence-electron chi connectivity index (χ0n) is 16.8. The lowest BCUT2D eigenvalue weighted by Gasteiger charge is -2.25. The van der Waals surface area contributed by atoms with Gasteiger partial charge in [-0.15, -0.1) is 0 Å². The van der Waals surface area contributed by atoms with Gasteiger partial charge in [0.1, 0.15) is 11.7 Å². The third-order valence-corrected chi connectivity index (χ3v) is 4.76. The molecule has 2 heterocycles. The summed E-state index contributed by atoms with van der Waals surface area (Å²) < 4.78 is 31.7. The Morgan fingerprint density at radius 2 is 1.81 bits per heavy atom. The van der Waals surface area contributed by atoms with Crippen molar-refractivity contribution < 1.29 is 32.7 Å². The molecule has 0 aliphatic carbocycles.